The maximum absolute atomic E-state index is 13.3. The van der Waals surface area contributed by atoms with E-state index in [0.29, 0.717) is 0 Å². The van der Waals surface area contributed by atoms with Gasteiger partial charge < -0.3 is 5.73 Å². The third-order valence-electron chi connectivity index (χ3n) is 3.55. The molecule has 0 atom stereocenters. The summed E-state index contributed by atoms with van der Waals surface area (Å²) < 4.78 is 39.8. The lowest BCUT2D eigenvalue weighted by Crippen LogP contribution is -2.35. The van der Waals surface area contributed by atoms with Crippen molar-refractivity contribution in [3.05, 3.63) is 22.4 Å². The fourth-order valence-corrected chi connectivity index (χ4v) is 4.42. The topological polar surface area (TPSA) is 63.4 Å². The summed E-state index contributed by atoms with van der Waals surface area (Å²) in [5.41, 5.74) is 5.58. The van der Waals surface area contributed by atoms with Gasteiger partial charge in [0.25, 0.3) is 0 Å². The van der Waals surface area contributed by atoms with Crippen molar-refractivity contribution in [3.63, 3.8) is 0 Å². The Hall–Kier alpha value is -0.660. The Labute approximate surface area is 121 Å². The van der Waals surface area contributed by atoms with Crippen LogP contribution in [-0.2, 0) is 10.0 Å². The lowest BCUT2D eigenvalue weighted by Gasteiger charge is -2.24. The smallest absolute Gasteiger partial charge is 0.245 e. The van der Waals surface area contributed by atoms with E-state index in [1.165, 1.54) is 10.4 Å². The highest BCUT2D eigenvalue weighted by Gasteiger charge is 2.31. The number of benzene rings is 1. The second-order valence-corrected chi connectivity index (χ2v) is 7.58. The first kappa shape index (κ1) is 14.7. The molecular weight excluding hydrogens is 335 g/mol. The van der Waals surface area contributed by atoms with Crippen molar-refractivity contribution in [2.75, 3.05) is 12.8 Å². The lowest BCUT2D eigenvalue weighted by atomic mass is 10.3. The Balaban J connectivity index is 2.41. The van der Waals surface area contributed by atoms with E-state index in [0.717, 1.165) is 31.7 Å². The number of nitrogens with zero attached hydrogens (tertiary/aromatic N) is 1. The SMILES string of the molecule is CN(C1CCCC1)S(=O)(=O)c1cc(Br)c(F)cc1N. The minimum Gasteiger partial charge on any atom is -0.398 e. The molecule has 2 N–H and O–H groups in total. The molecule has 0 saturated heterocycles. The van der Waals surface area contributed by atoms with Crippen LogP contribution in [0.3, 0.4) is 0 Å². The lowest BCUT2D eigenvalue weighted by molar-refractivity contribution is 0.373. The molecule has 1 aliphatic rings. The average molecular weight is 351 g/mol. The quantitative estimate of drug-likeness (QED) is 0.852. The third-order valence-corrected chi connectivity index (χ3v) is 6.12. The molecule has 2 rings (SSSR count). The van der Waals surface area contributed by atoms with Crippen LogP contribution in [0.4, 0.5) is 10.1 Å². The molecule has 0 aliphatic heterocycles. The molecule has 1 aromatic rings. The van der Waals surface area contributed by atoms with Crippen molar-refractivity contribution in [3.8, 4) is 0 Å². The fraction of sp³-hybridized carbons (Fsp3) is 0.500. The molecule has 1 fully saturated rings. The van der Waals surface area contributed by atoms with Crippen molar-refractivity contribution >= 4 is 31.6 Å². The second-order valence-electron chi connectivity index (χ2n) is 4.76. The predicted octanol–water partition coefficient (Wildman–Crippen LogP) is 2.73. The molecule has 0 spiro atoms. The molecular formula is C12H16BrFN2O2S. The third kappa shape index (κ3) is 2.78. The van der Waals surface area contributed by atoms with Crippen molar-refractivity contribution < 1.29 is 12.8 Å². The second kappa shape index (κ2) is 5.38. The average Bonchev–Trinajstić information content (AvgIpc) is 2.86. The summed E-state index contributed by atoms with van der Waals surface area (Å²) in [6.07, 6.45) is 3.79. The van der Waals surface area contributed by atoms with Gasteiger partial charge in [0.1, 0.15) is 10.7 Å². The molecule has 1 aliphatic carbocycles. The van der Waals surface area contributed by atoms with Crippen molar-refractivity contribution in [2.45, 2.75) is 36.6 Å². The largest absolute Gasteiger partial charge is 0.398 e. The molecule has 0 aromatic heterocycles. The van der Waals surface area contributed by atoms with E-state index in [2.05, 4.69) is 15.9 Å². The van der Waals surface area contributed by atoms with Crippen molar-refractivity contribution in [1.29, 1.82) is 0 Å². The van der Waals surface area contributed by atoms with Gasteiger partial charge in [0.15, 0.2) is 0 Å². The first-order valence-electron chi connectivity index (χ1n) is 6.06. The van der Waals surface area contributed by atoms with E-state index in [9.17, 15) is 12.8 Å². The zero-order chi connectivity index (χ0) is 14.2. The number of nitrogen functional groups attached to an aromatic ring is 1. The van der Waals surface area contributed by atoms with Crippen LogP contribution in [0.5, 0.6) is 0 Å². The Kier molecular flexibility index (Phi) is 4.17. The molecule has 106 valence electrons. The molecule has 0 heterocycles. The summed E-state index contributed by atoms with van der Waals surface area (Å²) in [5.74, 6) is -0.569. The molecule has 4 nitrogen and oxygen atoms in total. The van der Waals surface area contributed by atoms with Gasteiger partial charge in [-0.1, -0.05) is 12.8 Å². The summed E-state index contributed by atoms with van der Waals surface area (Å²) in [6.45, 7) is 0. The number of anilines is 1. The number of sulfonamides is 1. The Bertz CT molecular complexity index is 586. The van der Waals surface area contributed by atoms with Gasteiger partial charge in [0.05, 0.1) is 10.2 Å². The standard InChI is InChI=1S/C12H16BrFN2O2S/c1-16(8-4-2-3-5-8)19(17,18)12-6-9(13)10(14)7-11(12)15/h6-8H,2-5,15H2,1H3. The van der Waals surface area contributed by atoms with E-state index in [-0.39, 0.29) is 21.1 Å². The van der Waals surface area contributed by atoms with Gasteiger partial charge in [-0.15, -0.1) is 0 Å². The monoisotopic (exact) mass is 350 g/mol. The molecule has 1 aromatic carbocycles. The number of nitrogens with two attached hydrogens (primary N) is 1. The molecule has 0 radical (unpaired) electrons. The molecule has 0 bridgehead atoms. The minimum absolute atomic E-state index is 0.00762. The molecule has 7 heteroatoms. The summed E-state index contributed by atoms with van der Waals surface area (Å²) in [5, 5.41) is 0. The summed E-state index contributed by atoms with van der Waals surface area (Å²) in [6, 6.07) is 2.26. The van der Waals surface area contributed by atoms with Crippen LogP contribution in [0.15, 0.2) is 21.5 Å². The van der Waals surface area contributed by atoms with Crippen molar-refractivity contribution in [2.24, 2.45) is 0 Å². The van der Waals surface area contributed by atoms with Gasteiger partial charge in [-0.05, 0) is 40.9 Å². The number of hydrogen-bond donors (Lipinski definition) is 1. The van der Waals surface area contributed by atoms with Gasteiger partial charge in [0.2, 0.25) is 10.0 Å². The first-order chi connectivity index (χ1) is 8.84. The number of halogens is 2. The van der Waals surface area contributed by atoms with Gasteiger partial charge in [-0.3, -0.25) is 0 Å². The van der Waals surface area contributed by atoms with E-state index in [1.807, 2.05) is 0 Å². The Morgan fingerprint density at radius 2 is 1.95 bits per heavy atom. The predicted molar refractivity (Wildman–Crippen MR) is 75.7 cm³/mol. The summed E-state index contributed by atoms with van der Waals surface area (Å²) >= 11 is 2.99. The van der Waals surface area contributed by atoms with E-state index >= 15 is 0 Å². The Morgan fingerprint density at radius 1 is 1.37 bits per heavy atom. The normalized spacial score (nSPS) is 17.3. The summed E-state index contributed by atoms with van der Waals surface area (Å²) in [7, 11) is -2.12. The minimum atomic E-state index is -3.68. The Morgan fingerprint density at radius 3 is 2.53 bits per heavy atom. The van der Waals surface area contributed by atoms with Crippen LogP contribution in [-0.4, -0.2) is 25.8 Å². The van der Waals surface area contributed by atoms with Crippen LogP contribution in [0.25, 0.3) is 0 Å². The van der Waals surface area contributed by atoms with E-state index < -0.39 is 15.8 Å². The molecule has 19 heavy (non-hydrogen) atoms. The maximum Gasteiger partial charge on any atom is 0.245 e. The van der Waals surface area contributed by atoms with Gasteiger partial charge in [-0.2, -0.15) is 4.31 Å². The summed E-state index contributed by atoms with van der Waals surface area (Å²) in [4.78, 5) is -0.0461. The van der Waals surface area contributed by atoms with E-state index in [4.69, 9.17) is 5.73 Å². The van der Waals surface area contributed by atoms with Gasteiger partial charge in [0, 0.05) is 13.1 Å². The molecule has 0 amide bonds. The van der Waals surface area contributed by atoms with Gasteiger partial charge >= 0.3 is 0 Å². The number of rotatable bonds is 3. The molecule has 0 unspecified atom stereocenters. The van der Waals surface area contributed by atoms with Crippen LogP contribution < -0.4 is 5.73 Å². The van der Waals surface area contributed by atoms with Crippen LogP contribution in [0.1, 0.15) is 25.7 Å². The maximum atomic E-state index is 13.3. The zero-order valence-electron chi connectivity index (χ0n) is 10.6. The first-order valence-corrected chi connectivity index (χ1v) is 8.30. The zero-order valence-corrected chi connectivity index (χ0v) is 13.0. The number of hydrogen-bond acceptors (Lipinski definition) is 3. The highest BCUT2D eigenvalue weighted by Crippen LogP contribution is 2.32. The van der Waals surface area contributed by atoms with Gasteiger partial charge in [-0.25, -0.2) is 12.8 Å². The van der Waals surface area contributed by atoms with E-state index in [1.54, 1.807) is 7.05 Å². The van der Waals surface area contributed by atoms with Crippen LogP contribution >= 0.6 is 15.9 Å². The van der Waals surface area contributed by atoms with Crippen LogP contribution in [0, 0.1) is 5.82 Å². The van der Waals surface area contributed by atoms with Crippen LogP contribution in [0.2, 0.25) is 0 Å². The highest BCUT2D eigenvalue weighted by molar-refractivity contribution is 9.10. The molecule has 1 saturated carbocycles. The highest BCUT2D eigenvalue weighted by atomic mass is 79.9. The van der Waals surface area contributed by atoms with Crippen molar-refractivity contribution in [1.82, 2.24) is 4.31 Å². The fourth-order valence-electron chi connectivity index (χ4n) is 2.39.